The third-order valence-electron chi connectivity index (χ3n) is 2.16. The van der Waals surface area contributed by atoms with Gasteiger partial charge >= 0.3 is 0 Å². The molecule has 78 valence electrons. The Kier molecular flexibility index (Phi) is 4.43. The van der Waals surface area contributed by atoms with Gasteiger partial charge in [0.05, 0.1) is 13.2 Å². The molecular formula is C11H17NO2. The van der Waals surface area contributed by atoms with Gasteiger partial charge in [0.25, 0.3) is 0 Å². The Labute approximate surface area is 85.0 Å². The minimum Gasteiger partial charge on any atom is -0.497 e. The van der Waals surface area contributed by atoms with E-state index in [0.29, 0.717) is 0 Å². The number of hydrogen-bond acceptors (Lipinski definition) is 3. The predicted octanol–water partition coefficient (Wildman–Crippen LogP) is 1.60. The van der Waals surface area contributed by atoms with Crippen molar-refractivity contribution in [3.63, 3.8) is 0 Å². The topological polar surface area (TPSA) is 30.5 Å². The van der Waals surface area contributed by atoms with E-state index in [4.69, 9.17) is 9.47 Å². The monoisotopic (exact) mass is 195 g/mol. The average molecular weight is 195 g/mol. The van der Waals surface area contributed by atoms with Crippen molar-refractivity contribution in [1.29, 1.82) is 0 Å². The van der Waals surface area contributed by atoms with E-state index in [1.54, 1.807) is 14.2 Å². The molecule has 3 heteroatoms. The minimum atomic E-state index is 0.103. The lowest BCUT2D eigenvalue weighted by Crippen LogP contribution is -2.18. The highest BCUT2D eigenvalue weighted by Crippen LogP contribution is 2.19. The summed E-state index contributed by atoms with van der Waals surface area (Å²) in [6.45, 7) is 0.808. The molecule has 1 aromatic carbocycles. The third-order valence-corrected chi connectivity index (χ3v) is 2.16. The molecule has 1 rings (SSSR count). The van der Waals surface area contributed by atoms with Gasteiger partial charge in [-0.25, -0.2) is 0 Å². The Balaban J connectivity index is 2.73. The van der Waals surface area contributed by atoms with Crippen molar-refractivity contribution in [2.24, 2.45) is 0 Å². The maximum absolute atomic E-state index is 5.35. The molecule has 0 aliphatic heterocycles. The molecule has 0 saturated carbocycles. The number of benzene rings is 1. The van der Waals surface area contributed by atoms with Crippen molar-refractivity contribution in [2.75, 3.05) is 27.8 Å². The minimum absolute atomic E-state index is 0.103. The molecule has 0 spiro atoms. The highest BCUT2D eigenvalue weighted by molar-refractivity contribution is 5.28. The van der Waals surface area contributed by atoms with Crippen LogP contribution in [0.2, 0.25) is 0 Å². The largest absolute Gasteiger partial charge is 0.497 e. The van der Waals surface area contributed by atoms with Crippen LogP contribution >= 0.6 is 0 Å². The summed E-state index contributed by atoms with van der Waals surface area (Å²) in [4.78, 5) is 0. The van der Waals surface area contributed by atoms with Gasteiger partial charge in [0.2, 0.25) is 0 Å². The first-order chi connectivity index (χ1) is 6.81. The van der Waals surface area contributed by atoms with Crippen molar-refractivity contribution < 1.29 is 9.47 Å². The van der Waals surface area contributed by atoms with Gasteiger partial charge in [0.15, 0.2) is 0 Å². The molecule has 14 heavy (non-hydrogen) atoms. The van der Waals surface area contributed by atoms with Crippen LogP contribution in [0.25, 0.3) is 0 Å². The standard InChI is InChI=1S/C11H17NO2/c1-12-8-11(14-3)9-4-6-10(13-2)7-5-9/h4-7,11-12H,8H2,1-3H3. The summed E-state index contributed by atoms with van der Waals surface area (Å²) in [5.41, 5.74) is 1.16. The molecule has 3 nitrogen and oxygen atoms in total. The van der Waals surface area contributed by atoms with Crippen molar-refractivity contribution in [3.8, 4) is 5.75 Å². The Morgan fingerprint density at radius 2 is 1.86 bits per heavy atom. The average Bonchev–Trinajstić information content (AvgIpc) is 2.26. The Bertz CT molecular complexity index is 258. The number of nitrogens with one attached hydrogen (secondary N) is 1. The van der Waals surface area contributed by atoms with Gasteiger partial charge in [-0.05, 0) is 24.7 Å². The van der Waals surface area contributed by atoms with Crippen LogP contribution in [0, 0.1) is 0 Å². The normalized spacial score (nSPS) is 12.5. The lowest BCUT2D eigenvalue weighted by atomic mass is 10.1. The zero-order chi connectivity index (χ0) is 10.4. The van der Waals surface area contributed by atoms with Gasteiger partial charge in [0, 0.05) is 13.7 Å². The molecule has 0 radical (unpaired) electrons. The van der Waals surface area contributed by atoms with Gasteiger partial charge in [-0.1, -0.05) is 12.1 Å². The van der Waals surface area contributed by atoms with Crippen molar-refractivity contribution in [1.82, 2.24) is 5.32 Å². The lowest BCUT2D eigenvalue weighted by molar-refractivity contribution is 0.104. The highest BCUT2D eigenvalue weighted by atomic mass is 16.5. The Morgan fingerprint density at radius 3 is 2.29 bits per heavy atom. The summed E-state index contributed by atoms with van der Waals surface area (Å²) in [5.74, 6) is 0.869. The summed E-state index contributed by atoms with van der Waals surface area (Å²) in [7, 11) is 5.29. The van der Waals surface area contributed by atoms with Crippen LogP contribution in [-0.2, 0) is 4.74 Å². The van der Waals surface area contributed by atoms with E-state index >= 15 is 0 Å². The van der Waals surface area contributed by atoms with Crippen LogP contribution < -0.4 is 10.1 Å². The molecule has 0 heterocycles. The number of likely N-dealkylation sites (N-methyl/N-ethyl adjacent to an activating group) is 1. The second-order valence-corrected chi connectivity index (χ2v) is 3.06. The highest BCUT2D eigenvalue weighted by Gasteiger charge is 2.08. The van der Waals surface area contributed by atoms with Crippen LogP contribution in [0.1, 0.15) is 11.7 Å². The van der Waals surface area contributed by atoms with Gasteiger partial charge < -0.3 is 14.8 Å². The number of hydrogen-bond donors (Lipinski definition) is 1. The van der Waals surface area contributed by atoms with Crippen molar-refractivity contribution >= 4 is 0 Å². The Morgan fingerprint density at radius 1 is 1.21 bits per heavy atom. The van der Waals surface area contributed by atoms with Crippen LogP contribution in [0.3, 0.4) is 0 Å². The fraction of sp³-hybridized carbons (Fsp3) is 0.455. The summed E-state index contributed by atoms with van der Waals surface area (Å²) in [6.07, 6.45) is 0.103. The molecule has 1 unspecified atom stereocenters. The summed E-state index contributed by atoms with van der Waals surface area (Å²) in [6, 6.07) is 7.92. The first-order valence-electron chi connectivity index (χ1n) is 4.63. The summed E-state index contributed by atoms with van der Waals surface area (Å²) < 4.78 is 10.4. The van der Waals surface area contributed by atoms with Gasteiger partial charge in [-0.3, -0.25) is 0 Å². The smallest absolute Gasteiger partial charge is 0.118 e. The lowest BCUT2D eigenvalue weighted by Gasteiger charge is -2.15. The van der Waals surface area contributed by atoms with Crippen LogP contribution in [0.15, 0.2) is 24.3 Å². The molecule has 0 fully saturated rings. The van der Waals surface area contributed by atoms with Crippen LogP contribution in [0.5, 0.6) is 5.75 Å². The third kappa shape index (κ3) is 2.72. The van der Waals surface area contributed by atoms with E-state index in [2.05, 4.69) is 5.32 Å². The summed E-state index contributed by atoms with van der Waals surface area (Å²) in [5, 5.41) is 3.09. The van der Waals surface area contributed by atoms with E-state index < -0.39 is 0 Å². The quantitative estimate of drug-likeness (QED) is 0.774. The SMILES string of the molecule is CNCC(OC)c1ccc(OC)cc1. The number of ether oxygens (including phenoxy) is 2. The maximum atomic E-state index is 5.35. The van der Waals surface area contributed by atoms with E-state index in [-0.39, 0.29) is 6.10 Å². The second-order valence-electron chi connectivity index (χ2n) is 3.06. The molecule has 1 aromatic rings. The predicted molar refractivity (Wildman–Crippen MR) is 56.7 cm³/mol. The van der Waals surface area contributed by atoms with Gasteiger partial charge in [-0.2, -0.15) is 0 Å². The van der Waals surface area contributed by atoms with E-state index in [0.717, 1.165) is 17.9 Å². The molecule has 0 aliphatic carbocycles. The molecule has 1 atom stereocenters. The molecule has 0 aromatic heterocycles. The zero-order valence-electron chi connectivity index (χ0n) is 8.91. The number of rotatable bonds is 5. The van der Waals surface area contributed by atoms with Crippen LogP contribution in [0.4, 0.5) is 0 Å². The van der Waals surface area contributed by atoms with E-state index in [9.17, 15) is 0 Å². The summed E-state index contributed by atoms with van der Waals surface area (Å²) >= 11 is 0. The molecule has 0 saturated heterocycles. The molecular weight excluding hydrogens is 178 g/mol. The maximum Gasteiger partial charge on any atom is 0.118 e. The van der Waals surface area contributed by atoms with E-state index in [1.807, 2.05) is 31.3 Å². The molecule has 0 bridgehead atoms. The van der Waals surface area contributed by atoms with E-state index in [1.165, 1.54) is 0 Å². The fourth-order valence-electron chi connectivity index (χ4n) is 1.34. The molecule has 1 N–H and O–H groups in total. The van der Waals surface area contributed by atoms with Crippen LogP contribution in [-0.4, -0.2) is 27.8 Å². The van der Waals surface area contributed by atoms with Crippen molar-refractivity contribution in [2.45, 2.75) is 6.10 Å². The first-order valence-corrected chi connectivity index (χ1v) is 4.63. The zero-order valence-corrected chi connectivity index (χ0v) is 8.91. The fourth-order valence-corrected chi connectivity index (χ4v) is 1.34. The van der Waals surface area contributed by atoms with Gasteiger partial charge in [-0.15, -0.1) is 0 Å². The van der Waals surface area contributed by atoms with Gasteiger partial charge in [0.1, 0.15) is 5.75 Å². The second kappa shape index (κ2) is 5.62. The molecule has 0 amide bonds. The van der Waals surface area contributed by atoms with Crippen molar-refractivity contribution in [3.05, 3.63) is 29.8 Å². The Hall–Kier alpha value is -1.06. The number of methoxy groups -OCH3 is 2. The molecule has 0 aliphatic rings. The first kappa shape index (κ1) is 11.0.